The Morgan fingerprint density at radius 2 is 2.20 bits per heavy atom. The molecule has 0 amide bonds. The van der Waals surface area contributed by atoms with Gasteiger partial charge in [-0.1, -0.05) is 20.3 Å². The molecule has 2 unspecified atom stereocenters. The number of hydrogen-bond donors (Lipinski definition) is 2. The second kappa shape index (κ2) is 6.38. The maximum Gasteiger partial charge on any atom is 0.321 e. The summed E-state index contributed by atoms with van der Waals surface area (Å²) in [5.74, 6) is 1.73. The fourth-order valence-corrected chi connectivity index (χ4v) is 2.48. The Bertz CT molecular complexity index is 207. The van der Waals surface area contributed by atoms with Crippen LogP contribution >= 0.6 is 11.8 Å². The summed E-state index contributed by atoms with van der Waals surface area (Å²) >= 11 is 1.75. The lowest BCUT2D eigenvalue weighted by molar-refractivity contribution is -0.138. The zero-order chi connectivity index (χ0) is 11.3. The van der Waals surface area contributed by atoms with Gasteiger partial charge in [-0.2, -0.15) is 11.8 Å². The lowest BCUT2D eigenvalue weighted by Crippen LogP contribution is -2.40. The first-order chi connectivity index (χ1) is 7.13. The van der Waals surface area contributed by atoms with Crippen LogP contribution in [0.4, 0.5) is 0 Å². The smallest absolute Gasteiger partial charge is 0.321 e. The summed E-state index contributed by atoms with van der Waals surface area (Å²) in [5, 5.41) is 12.2. The van der Waals surface area contributed by atoms with Crippen LogP contribution < -0.4 is 5.32 Å². The molecule has 0 aliphatic heterocycles. The average Bonchev–Trinajstić information content (AvgIpc) is 2.99. The number of carboxylic acids is 1. The quantitative estimate of drug-likeness (QED) is 0.670. The number of rotatable bonds is 8. The van der Waals surface area contributed by atoms with Gasteiger partial charge in [0.2, 0.25) is 0 Å². The summed E-state index contributed by atoms with van der Waals surface area (Å²) in [4.78, 5) is 10.9. The highest BCUT2D eigenvalue weighted by Crippen LogP contribution is 2.21. The van der Waals surface area contributed by atoms with Crippen LogP contribution in [-0.2, 0) is 4.79 Å². The highest BCUT2D eigenvalue weighted by atomic mass is 32.2. The van der Waals surface area contributed by atoms with E-state index in [-0.39, 0.29) is 6.04 Å². The summed E-state index contributed by atoms with van der Waals surface area (Å²) in [7, 11) is 0. The number of hydrogen-bond acceptors (Lipinski definition) is 3. The Balaban J connectivity index is 2.15. The fraction of sp³-hybridized carbons (Fsp3) is 0.909. The molecule has 88 valence electrons. The van der Waals surface area contributed by atoms with Gasteiger partial charge in [0.1, 0.15) is 6.04 Å². The van der Waals surface area contributed by atoms with Crippen LogP contribution in [0.1, 0.15) is 33.1 Å². The first-order valence-corrected chi connectivity index (χ1v) is 6.85. The van der Waals surface area contributed by atoms with Gasteiger partial charge in [0.05, 0.1) is 0 Å². The monoisotopic (exact) mass is 231 g/mol. The molecule has 0 heterocycles. The van der Waals surface area contributed by atoms with Crippen molar-refractivity contribution in [2.24, 2.45) is 5.92 Å². The zero-order valence-corrected chi connectivity index (χ0v) is 10.3. The van der Waals surface area contributed by atoms with Crippen molar-refractivity contribution in [3.63, 3.8) is 0 Å². The summed E-state index contributed by atoms with van der Waals surface area (Å²) in [5.41, 5.74) is 0. The van der Waals surface area contributed by atoms with Gasteiger partial charge in [-0.25, -0.2) is 0 Å². The summed E-state index contributed by atoms with van der Waals surface area (Å²) < 4.78 is 0. The maximum absolute atomic E-state index is 10.9. The molecule has 1 fully saturated rings. The van der Waals surface area contributed by atoms with Crippen molar-refractivity contribution in [2.75, 3.05) is 11.5 Å². The van der Waals surface area contributed by atoms with Crippen molar-refractivity contribution >= 4 is 17.7 Å². The third-order valence-electron chi connectivity index (χ3n) is 2.70. The minimum absolute atomic E-state index is 0.355. The minimum Gasteiger partial charge on any atom is -0.480 e. The molecule has 15 heavy (non-hydrogen) atoms. The van der Waals surface area contributed by atoms with Crippen LogP contribution in [0.2, 0.25) is 0 Å². The van der Waals surface area contributed by atoms with Crippen molar-refractivity contribution in [2.45, 2.75) is 45.2 Å². The molecule has 0 radical (unpaired) electrons. The van der Waals surface area contributed by atoms with Gasteiger partial charge in [-0.05, 0) is 24.5 Å². The van der Waals surface area contributed by atoms with E-state index in [4.69, 9.17) is 5.11 Å². The first kappa shape index (κ1) is 12.8. The molecule has 0 spiro atoms. The molecule has 1 aliphatic rings. The molecular weight excluding hydrogens is 210 g/mol. The second-order valence-corrected chi connectivity index (χ2v) is 5.46. The van der Waals surface area contributed by atoms with Crippen LogP contribution in [-0.4, -0.2) is 34.7 Å². The highest BCUT2D eigenvalue weighted by Gasteiger charge is 2.27. The Kier molecular flexibility index (Phi) is 5.47. The average molecular weight is 231 g/mol. The fourth-order valence-electron chi connectivity index (χ4n) is 1.23. The van der Waals surface area contributed by atoms with E-state index >= 15 is 0 Å². The van der Waals surface area contributed by atoms with Crippen LogP contribution in [0, 0.1) is 5.92 Å². The maximum atomic E-state index is 10.9. The lowest BCUT2D eigenvalue weighted by atomic mass is 10.2. The summed E-state index contributed by atoms with van der Waals surface area (Å²) in [6, 6.07) is 0.113. The van der Waals surface area contributed by atoms with E-state index in [0.717, 1.165) is 18.6 Å². The van der Waals surface area contributed by atoms with E-state index in [9.17, 15) is 4.79 Å². The van der Waals surface area contributed by atoms with E-state index in [1.807, 2.05) is 0 Å². The highest BCUT2D eigenvalue weighted by molar-refractivity contribution is 7.99. The van der Waals surface area contributed by atoms with Crippen molar-refractivity contribution in [1.29, 1.82) is 0 Å². The van der Waals surface area contributed by atoms with E-state index in [2.05, 4.69) is 19.2 Å². The van der Waals surface area contributed by atoms with Gasteiger partial charge < -0.3 is 10.4 Å². The Hall–Kier alpha value is -0.220. The molecule has 2 N–H and O–H groups in total. The van der Waals surface area contributed by atoms with Crippen LogP contribution in [0.25, 0.3) is 0 Å². The standard InChI is InChI=1S/C11H21NO2S/c1-3-8(2)6-15-7-10(11(13)14)12-9-4-5-9/h8-10,12H,3-7H2,1-2H3,(H,13,14). The van der Waals surface area contributed by atoms with Crippen LogP contribution in [0.3, 0.4) is 0 Å². The van der Waals surface area contributed by atoms with Gasteiger partial charge in [0.15, 0.2) is 0 Å². The first-order valence-electron chi connectivity index (χ1n) is 5.70. The topological polar surface area (TPSA) is 49.3 Å². The van der Waals surface area contributed by atoms with Crippen LogP contribution in [0.15, 0.2) is 0 Å². The van der Waals surface area contributed by atoms with Crippen molar-refractivity contribution in [1.82, 2.24) is 5.32 Å². The van der Waals surface area contributed by atoms with Crippen molar-refractivity contribution in [3.05, 3.63) is 0 Å². The predicted octanol–water partition coefficient (Wildman–Crippen LogP) is 1.97. The molecule has 4 heteroatoms. The predicted molar refractivity (Wildman–Crippen MR) is 64.4 cm³/mol. The minimum atomic E-state index is -0.710. The van der Waals surface area contributed by atoms with E-state index < -0.39 is 5.97 Å². The van der Waals surface area contributed by atoms with Gasteiger partial charge in [0.25, 0.3) is 0 Å². The molecule has 1 rings (SSSR count). The van der Waals surface area contributed by atoms with E-state index in [1.54, 1.807) is 11.8 Å². The van der Waals surface area contributed by atoms with Crippen molar-refractivity contribution < 1.29 is 9.90 Å². The zero-order valence-electron chi connectivity index (χ0n) is 9.53. The molecule has 0 bridgehead atoms. The number of aliphatic carboxylic acids is 1. The Morgan fingerprint density at radius 1 is 1.53 bits per heavy atom. The number of thioether (sulfide) groups is 1. The molecule has 3 nitrogen and oxygen atoms in total. The molecule has 1 aliphatic carbocycles. The van der Waals surface area contributed by atoms with Gasteiger partial charge in [-0.3, -0.25) is 4.79 Å². The van der Waals surface area contributed by atoms with E-state index in [0.29, 0.717) is 17.7 Å². The summed E-state index contributed by atoms with van der Waals surface area (Å²) in [6.07, 6.45) is 3.44. The van der Waals surface area contributed by atoms with Gasteiger partial charge in [-0.15, -0.1) is 0 Å². The van der Waals surface area contributed by atoms with Gasteiger partial charge in [0, 0.05) is 11.8 Å². The normalized spacial score (nSPS) is 19.9. The number of nitrogens with one attached hydrogen (secondary N) is 1. The SMILES string of the molecule is CCC(C)CSCC(NC1CC1)C(=O)O. The second-order valence-electron chi connectivity index (χ2n) is 4.38. The molecule has 0 aromatic rings. The lowest BCUT2D eigenvalue weighted by Gasteiger charge is -2.14. The van der Waals surface area contributed by atoms with Crippen LogP contribution in [0.5, 0.6) is 0 Å². The Labute approximate surface area is 96.0 Å². The van der Waals surface area contributed by atoms with Gasteiger partial charge >= 0.3 is 5.97 Å². The van der Waals surface area contributed by atoms with Crippen molar-refractivity contribution in [3.8, 4) is 0 Å². The largest absolute Gasteiger partial charge is 0.480 e. The molecule has 1 saturated carbocycles. The molecule has 0 aromatic heterocycles. The molecule has 0 aromatic carbocycles. The molecular formula is C11H21NO2S. The Morgan fingerprint density at radius 3 is 2.67 bits per heavy atom. The summed E-state index contributed by atoms with van der Waals surface area (Å²) in [6.45, 7) is 4.37. The third-order valence-corrected chi connectivity index (χ3v) is 4.07. The third kappa shape index (κ3) is 5.42. The van der Waals surface area contributed by atoms with E-state index in [1.165, 1.54) is 6.42 Å². The number of carboxylic acid groups (broad SMARTS) is 1. The molecule has 2 atom stereocenters. The number of carbonyl (C=O) groups is 1. The molecule has 0 saturated heterocycles.